The lowest BCUT2D eigenvalue weighted by atomic mass is 10.2. The van der Waals surface area contributed by atoms with Crippen molar-refractivity contribution in [1.82, 2.24) is 4.57 Å². The molecule has 2 aromatic carbocycles. The summed E-state index contributed by atoms with van der Waals surface area (Å²) in [6, 6.07) is 12.1. The molecule has 0 aliphatic carbocycles. The number of hydrogen-bond acceptors (Lipinski definition) is 3. The predicted molar refractivity (Wildman–Crippen MR) is 91.5 cm³/mol. The number of benzene rings is 2. The van der Waals surface area contributed by atoms with E-state index in [0.717, 1.165) is 26.4 Å². The fourth-order valence-corrected chi connectivity index (χ4v) is 3.76. The molecule has 0 spiro atoms. The van der Waals surface area contributed by atoms with Crippen molar-refractivity contribution in [2.75, 3.05) is 12.4 Å². The van der Waals surface area contributed by atoms with Crippen LogP contribution in [0.25, 0.3) is 10.9 Å². The van der Waals surface area contributed by atoms with Crippen LogP contribution in [0.5, 0.6) is 0 Å². The third-order valence-electron chi connectivity index (χ3n) is 3.69. The fraction of sp³-hybridized carbons (Fsp3) is 0.118. The average molecular weight is 329 g/mol. The van der Waals surface area contributed by atoms with E-state index < -0.39 is 5.91 Å². The van der Waals surface area contributed by atoms with E-state index >= 15 is 0 Å². The van der Waals surface area contributed by atoms with Gasteiger partial charge in [0.1, 0.15) is 11.5 Å². The van der Waals surface area contributed by atoms with Crippen molar-refractivity contribution in [3.63, 3.8) is 0 Å². The first kappa shape index (κ1) is 15.4. The van der Waals surface area contributed by atoms with Gasteiger partial charge in [-0.05, 0) is 36.4 Å². The van der Waals surface area contributed by atoms with Crippen LogP contribution >= 0.6 is 11.8 Å². The monoisotopic (exact) mass is 329 g/mol. The molecule has 3 N–H and O–H groups in total. The molecule has 0 fully saturated rings. The summed E-state index contributed by atoms with van der Waals surface area (Å²) in [5.41, 5.74) is 7.82. The summed E-state index contributed by atoms with van der Waals surface area (Å²) in [4.78, 5) is 13.4. The van der Waals surface area contributed by atoms with Gasteiger partial charge in [0, 0.05) is 35.6 Å². The number of hydrogen-bond donors (Lipinski definition) is 2. The van der Waals surface area contributed by atoms with Gasteiger partial charge in [-0.3, -0.25) is 4.79 Å². The molecule has 0 bridgehead atoms. The number of rotatable bonds is 4. The molecule has 1 heterocycles. The largest absolute Gasteiger partial charge is 0.388 e. The Balaban J connectivity index is 2.23. The maximum atomic E-state index is 13.4. The quantitative estimate of drug-likeness (QED) is 0.769. The summed E-state index contributed by atoms with van der Waals surface area (Å²) in [7, 11) is 3.63. The highest BCUT2D eigenvalue weighted by Crippen LogP contribution is 2.39. The van der Waals surface area contributed by atoms with Crippen molar-refractivity contribution in [1.29, 1.82) is 0 Å². The smallest absolute Gasteiger partial charge is 0.266 e. The van der Waals surface area contributed by atoms with Crippen LogP contribution in [-0.4, -0.2) is 17.5 Å². The standard InChI is InChI=1S/C17H16FN3OS/c1-20-11-6-7-14-13(9-11)16(15(17(19)22)21(14)2)23-12-5-3-4-10(18)8-12/h3-9,20H,1-2H3,(H2,19,22). The number of nitrogens with one attached hydrogen (secondary N) is 1. The second kappa shape index (κ2) is 5.96. The maximum Gasteiger partial charge on any atom is 0.266 e. The number of amides is 1. The Kier molecular flexibility index (Phi) is 4.00. The van der Waals surface area contributed by atoms with Gasteiger partial charge < -0.3 is 15.6 Å². The van der Waals surface area contributed by atoms with Gasteiger partial charge in [0.2, 0.25) is 0 Å². The lowest BCUT2D eigenvalue weighted by Crippen LogP contribution is -2.16. The Labute approximate surface area is 137 Å². The molecule has 23 heavy (non-hydrogen) atoms. The second-order valence-electron chi connectivity index (χ2n) is 5.14. The highest BCUT2D eigenvalue weighted by Gasteiger charge is 2.20. The molecule has 0 saturated heterocycles. The normalized spacial score (nSPS) is 10.9. The van der Waals surface area contributed by atoms with Gasteiger partial charge in [0.25, 0.3) is 5.91 Å². The number of fused-ring (bicyclic) bond motifs is 1. The number of nitrogens with zero attached hydrogens (tertiary/aromatic N) is 1. The number of primary amides is 1. The molecule has 1 amide bonds. The van der Waals surface area contributed by atoms with E-state index in [-0.39, 0.29) is 5.82 Å². The molecule has 118 valence electrons. The lowest BCUT2D eigenvalue weighted by molar-refractivity contribution is 0.0990. The van der Waals surface area contributed by atoms with Crippen molar-refractivity contribution >= 4 is 34.3 Å². The van der Waals surface area contributed by atoms with E-state index in [0.29, 0.717) is 5.69 Å². The summed E-state index contributed by atoms with van der Waals surface area (Å²) in [6.07, 6.45) is 0. The minimum Gasteiger partial charge on any atom is -0.388 e. The Morgan fingerprint density at radius 1 is 1.26 bits per heavy atom. The highest BCUT2D eigenvalue weighted by atomic mass is 32.2. The van der Waals surface area contributed by atoms with Crippen LogP contribution in [0, 0.1) is 5.82 Å². The van der Waals surface area contributed by atoms with Gasteiger partial charge >= 0.3 is 0 Å². The molecule has 1 aromatic heterocycles. The van der Waals surface area contributed by atoms with Crippen molar-refractivity contribution < 1.29 is 9.18 Å². The minimum atomic E-state index is -0.506. The van der Waals surface area contributed by atoms with Gasteiger partial charge in [-0.1, -0.05) is 17.8 Å². The van der Waals surface area contributed by atoms with Crippen LogP contribution < -0.4 is 11.1 Å². The van der Waals surface area contributed by atoms with E-state index in [1.54, 1.807) is 23.7 Å². The Morgan fingerprint density at radius 3 is 2.70 bits per heavy atom. The van der Waals surface area contributed by atoms with Gasteiger partial charge in [0.15, 0.2) is 0 Å². The Bertz CT molecular complexity index is 904. The zero-order chi connectivity index (χ0) is 16.6. The van der Waals surface area contributed by atoms with Gasteiger partial charge in [-0.2, -0.15) is 0 Å². The number of aromatic nitrogens is 1. The third kappa shape index (κ3) is 2.77. The molecule has 0 aliphatic heterocycles. The number of aryl methyl sites for hydroxylation is 1. The van der Waals surface area contributed by atoms with Crippen LogP contribution in [0.15, 0.2) is 52.3 Å². The van der Waals surface area contributed by atoms with Gasteiger partial charge in [-0.15, -0.1) is 0 Å². The van der Waals surface area contributed by atoms with E-state index in [4.69, 9.17) is 5.73 Å². The van der Waals surface area contributed by atoms with Crippen molar-refractivity contribution in [3.05, 3.63) is 54.0 Å². The first-order chi connectivity index (χ1) is 11.0. The van der Waals surface area contributed by atoms with E-state index in [1.807, 2.05) is 25.2 Å². The lowest BCUT2D eigenvalue weighted by Gasteiger charge is -2.04. The van der Waals surface area contributed by atoms with Crippen LogP contribution in [0.4, 0.5) is 10.1 Å². The number of carbonyl (C=O) groups excluding carboxylic acids is 1. The maximum absolute atomic E-state index is 13.4. The number of anilines is 1. The highest BCUT2D eigenvalue weighted by molar-refractivity contribution is 7.99. The third-order valence-corrected chi connectivity index (χ3v) is 4.80. The van der Waals surface area contributed by atoms with Crippen LogP contribution in [0.3, 0.4) is 0 Å². The van der Waals surface area contributed by atoms with Gasteiger partial charge in [-0.25, -0.2) is 4.39 Å². The van der Waals surface area contributed by atoms with E-state index in [1.165, 1.54) is 23.9 Å². The summed E-state index contributed by atoms with van der Waals surface area (Å²) in [6.45, 7) is 0. The molecule has 3 aromatic rings. The second-order valence-corrected chi connectivity index (χ2v) is 6.23. The summed E-state index contributed by atoms with van der Waals surface area (Å²) in [5.74, 6) is -0.819. The van der Waals surface area contributed by atoms with E-state index in [9.17, 15) is 9.18 Å². The first-order valence-electron chi connectivity index (χ1n) is 7.04. The molecular weight excluding hydrogens is 313 g/mol. The van der Waals surface area contributed by atoms with Crippen LogP contribution in [0.1, 0.15) is 10.5 Å². The van der Waals surface area contributed by atoms with Crippen LogP contribution in [0.2, 0.25) is 0 Å². The summed E-state index contributed by atoms with van der Waals surface area (Å²) in [5, 5.41) is 3.99. The van der Waals surface area contributed by atoms with Crippen molar-refractivity contribution in [2.24, 2.45) is 12.8 Å². The first-order valence-corrected chi connectivity index (χ1v) is 7.86. The molecule has 0 aliphatic rings. The Hall–Kier alpha value is -2.47. The molecule has 6 heteroatoms. The number of carbonyl (C=O) groups is 1. The summed E-state index contributed by atoms with van der Waals surface area (Å²) < 4.78 is 15.2. The Morgan fingerprint density at radius 2 is 2.04 bits per heavy atom. The minimum absolute atomic E-state index is 0.313. The zero-order valence-corrected chi connectivity index (χ0v) is 13.6. The van der Waals surface area contributed by atoms with Crippen molar-refractivity contribution in [3.8, 4) is 0 Å². The molecule has 0 unspecified atom stereocenters. The molecular formula is C17H16FN3OS. The average Bonchev–Trinajstić information content (AvgIpc) is 2.79. The van der Waals surface area contributed by atoms with Gasteiger partial charge in [0.05, 0.1) is 4.90 Å². The van der Waals surface area contributed by atoms with Crippen LogP contribution in [-0.2, 0) is 7.05 Å². The number of nitrogens with two attached hydrogens (primary N) is 1. The van der Waals surface area contributed by atoms with Crippen molar-refractivity contribution in [2.45, 2.75) is 9.79 Å². The van der Waals surface area contributed by atoms with E-state index in [2.05, 4.69) is 5.32 Å². The summed E-state index contributed by atoms with van der Waals surface area (Å²) >= 11 is 1.34. The SMILES string of the molecule is CNc1ccc2c(c1)c(Sc1cccc(F)c1)c(C(N)=O)n2C. The molecule has 3 rings (SSSR count). The molecule has 4 nitrogen and oxygen atoms in total. The number of halogens is 1. The predicted octanol–water partition coefficient (Wildman–Crippen LogP) is 3.61. The molecule has 0 atom stereocenters. The zero-order valence-electron chi connectivity index (χ0n) is 12.8. The topological polar surface area (TPSA) is 60.0 Å². The molecule has 0 saturated carbocycles. The molecule has 0 radical (unpaired) electrons. The fourth-order valence-electron chi connectivity index (χ4n) is 2.60.